The lowest BCUT2D eigenvalue weighted by molar-refractivity contribution is -0.125. The van der Waals surface area contributed by atoms with Gasteiger partial charge in [-0.05, 0) is 51.6 Å². The molecule has 110 valence electrons. The van der Waals surface area contributed by atoms with Crippen LogP contribution in [0.2, 0.25) is 0 Å². The quantitative estimate of drug-likeness (QED) is 0.866. The van der Waals surface area contributed by atoms with Crippen LogP contribution < -0.4 is 10.6 Å². The molecule has 2 rings (SSSR count). The van der Waals surface area contributed by atoms with Crippen molar-refractivity contribution in [3.05, 3.63) is 35.9 Å². The van der Waals surface area contributed by atoms with Crippen molar-refractivity contribution in [2.24, 2.45) is 0 Å². The number of rotatable bonds is 5. The van der Waals surface area contributed by atoms with E-state index >= 15 is 0 Å². The fourth-order valence-corrected chi connectivity index (χ4v) is 2.66. The Morgan fingerprint density at radius 1 is 1.30 bits per heavy atom. The van der Waals surface area contributed by atoms with Crippen molar-refractivity contribution in [3.8, 4) is 0 Å². The molecule has 0 radical (unpaired) electrons. The minimum absolute atomic E-state index is 0.000231. The van der Waals surface area contributed by atoms with E-state index in [1.54, 1.807) is 0 Å². The fraction of sp³-hybridized carbons (Fsp3) is 0.588. The topological polar surface area (TPSA) is 41.1 Å². The molecule has 20 heavy (non-hydrogen) atoms. The Morgan fingerprint density at radius 3 is 2.70 bits per heavy atom. The molecule has 1 unspecified atom stereocenters. The van der Waals surface area contributed by atoms with Gasteiger partial charge in [-0.2, -0.15) is 0 Å². The standard InChI is InChI=1S/C17H26N2O/c1-17(2,12-11-14-8-4-3-5-9-14)19-16(20)15-10-6-7-13-18-15/h3-5,8-9,15,18H,6-7,10-13H2,1-2H3,(H,19,20). The number of aryl methyl sites for hydroxylation is 1. The molecular weight excluding hydrogens is 248 g/mol. The van der Waals surface area contributed by atoms with E-state index in [0.29, 0.717) is 0 Å². The largest absolute Gasteiger partial charge is 0.350 e. The Hall–Kier alpha value is -1.35. The van der Waals surface area contributed by atoms with Gasteiger partial charge in [-0.25, -0.2) is 0 Å². The summed E-state index contributed by atoms with van der Waals surface area (Å²) in [6.45, 7) is 5.18. The fourth-order valence-electron chi connectivity index (χ4n) is 2.66. The summed E-state index contributed by atoms with van der Waals surface area (Å²) in [6.07, 6.45) is 5.24. The zero-order valence-electron chi connectivity index (χ0n) is 12.6. The average Bonchev–Trinajstić information content (AvgIpc) is 2.47. The van der Waals surface area contributed by atoms with Crippen LogP contribution in [-0.2, 0) is 11.2 Å². The molecule has 1 heterocycles. The third-order valence-electron chi connectivity index (χ3n) is 3.97. The van der Waals surface area contributed by atoms with Gasteiger partial charge in [-0.1, -0.05) is 36.8 Å². The van der Waals surface area contributed by atoms with E-state index in [-0.39, 0.29) is 17.5 Å². The van der Waals surface area contributed by atoms with Gasteiger partial charge in [-0.3, -0.25) is 4.79 Å². The van der Waals surface area contributed by atoms with Gasteiger partial charge in [0.1, 0.15) is 0 Å². The van der Waals surface area contributed by atoms with Crippen molar-refractivity contribution in [2.45, 2.75) is 57.5 Å². The zero-order chi connectivity index (χ0) is 14.4. The second-order valence-corrected chi connectivity index (χ2v) is 6.36. The monoisotopic (exact) mass is 274 g/mol. The minimum atomic E-state index is -0.161. The summed E-state index contributed by atoms with van der Waals surface area (Å²) >= 11 is 0. The number of hydrogen-bond donors (Lipinski definition) is 2. The number of hydrogen-bond acceptors (Lipinski definition) is 2. The number of piperidine rings is 1. The summed E-state index contributed by atoms with van der Waals surface area (Å²) in [5, 5.41) is 6.50. The molecule has 0 saturated carbocycles. The smallest absolute Gasteiger partial charge is 0.237 e. The number of amides is 1. The van der Waals surface area contributed by atoms with E-state index in [4.69, 9.17) is 0 Å². The van der Waals surface area contributed by atoms with Crippen molar-refractivity contribution in [3.63, 3.8) is 0 Å². The van der Waals surface area contributed by atoms with Crippen LogP contribution in [0.15, 0.2) is 30.3 Å². The van der Waals surface area contributed by atoms with Gasteiger partial charge in [0, 0.05) is 5.54 Å². The molecule has 2 N–H and O–H groups in total. The first-order chi connectivity index (χ1) is 9.57. The van der Waals surface area contributed by atoms with E-state index in [1.165, 1.54) is 12.0 Å². The van der Waals surface area contributed by atoms with Crippen molar-refractivity contribution in [1.29, 1.82) is 0 Å². The highest BCUT2D eigenvalue weighted by Crippen LogP contribution is 2.15. The molecular formula is C17H26N2O. The third kappa shape index (κ3) is 4.64. The molecule has 1 aromatic rings. The highest BCUT2D eigenvalue weighted by molar-refractivity contribution is 5.82. The van der Waals surface area contributed by atoms with E-state index in [1.807, 2.05) is 6.07 Å². The Bertz CT molecular complexity index is 422. The molecule has 0 aliphatic carbocycles. The molecule has 1 aliphatic rings. The van der Waals surface area contributed by atoms with E-state index in [9.17, 15) is 4.79 Å². The summed E-state index contributed by atoms with van der Waals surface area (Å²) in [7, 11) is 0. The summed E-state index contributed by atoms with van der Waals surface area (Å²) < 4.78 is 0. The number of carbonyl (C=O) groups is 1. The summed E-state index contributed by atoms with van der Waals surface area (Å²) in [6, 6.07) is 10.4. The van der Waals surface area contributed by atoms with Crippen LogP contribution in [0.1, 0.15) is 45.1 Å². The molecule has 1 fully saturated rings. The van der Waals surface area contributed by atoms with Gasteiger partial charge in [0.25, 0.3) is 0 Å². The zero-order valence-corrected chi connectivity index (χ0v) is 12.6. The van der Waals surface area contributed by atoms with Gasteiger partial charge < -0.3 is 10.6 Å². The first-order valence-corrected chi connectivity index (χ1v) is 7.66. The lowest BCUT2D eigenvalue weighted by Crippen LogP contribution is -2.53. The molecule has 1 aliphatic heterocycles. The van der Waals surface area contributed by atoms with Crippen LogP contribution in [0.25, 0.3) is 0 Å². The minimum Gasteiger partial charge on any atom is -0.350 e. The summed E-state index contributed by atoms with van der Waals surface area (Å²) in [5.74, 6) is 0.155. The molecule has 1 aromatic carbocycles. The van der Waals surface area contributed by atoms with Gasteiger partial charge in [0.05, 0.1) is 6.04 Å². The maximum absolute atomic E-state index is 12.3. The maximum atomic E-state index is 12.3. The molecule has 1 atom stereocenters. The predicted molar refractivity (Wildman–Crippen MR) is 82.6 cm³/mol. The first kappa shape index (κ1) is 15.0. The molecule has 0 spiro atoms. The third-order valence-corrected chi connectivity index (χ3v) is 3.97. The van der Waals surface area contributed by atoms with Crippen LogP contribution in [0, 0.1) is 0 Å². The van der Waals surface area contributed by atoms with Crippen LogP contribution in [0.5, 0.6) is 0 Å². The average molecular weight is 274 g/mol. The number of carbonyl (C=O) groups excluding carboxylic acids is 1. The lowest BCUT2D eigenvalue weighted by Gasteiger charge is -2.30. The SMILES string of the molecule is CC(C)(CCc1ccccc1)NC(=O)C1CCCCN1. The highest BCUT2D eigenvalue weighted by atomic mass is 16.2. The Balaban J connectivity index is 1.82. The molecule has 3 nitrogen and oxygen atoms in total. The van der Waals surface area contributed by atoms with Gasteiger partial charge in [0.2, 0.25) is 5.91 Å². The first-order valence-electron chi connectivity index (χ1n) is 7.66. The van der Waals surface area contributed by atoms with E-state index in [0.717, 1.165) is 32.2 Å². The Kier molecular flexibility index (Phi) is 5.18. The van der Waals surface area contributed by atoms with Crippen molar-refractivity contribution in [2.75, 3.05) is 6.54 Å². The van der Waals surface area contributed by atoms with Crippen molar-refractivity contribution < 1.29 is 4.79 Å². The second kappa shape index (κ2) is 6.89. The van der Waals surface area contributed by atoms with Crippen molar-refractivity contribution in [1.82, 2.24) is 10.6 Å². The van der Waals surface area contributed by atoms with Crippen LogP contribution in [-0.4, -0.2) is 24.0 Å². The van der Waals surface area contributed by atoms with Crippen LogP contribution >= 0.6 is 0 Å². The maximum Gasteiger partial charge on any atom is 0.237 e. The van der Waals surface area contributed by atoms with Crippen LogP contribution in [0.4, 0.5) is 0 Å². The Morgan fingerprint density at radius 2 is 2.05 bits per heavy atom. The molecule has 0 aromatic heterocycles. The normalized spacial score (nSPS) is 19.6. The van der Waals surface area contributed by atoms with Crippen molar-refractivity contribution >= 4 is 5.91 Å². The predicted octanol–water partition coefficient (Wildman–Crippen LogP) is 2.66. The van der Waals surface area contributed by atoms with Gasteiger partial charge in [-0.15, -0.1) is 0 Å². The molecule has 0 bridgehead atoms. The van der Waals surface area contributed by atoms with Gasteiger partial charge in [0.15, 0.2) is 0 Å². The lowest BCUT2D eigenvalue weighted by atomic mass is 9.94. The molecule has 1 amide bonds. The van der Waals surface area contributed by atoms with Crippen LogP contribution in [0.3, 0.4) is 0 Å². The van der Waals surface area contributed by atoms with E-state index in [2.05, 4.69) is 48.7 Å². The molecule has 3 heteroatoms. The Labute approximate surface area is 122 Å². The summed E-state index contributed by atoms with van der Waals surface area (Å²) in [5.41, 5.74) is 1.16. The summed E-state index contributed by atoms with van der Waals surface area (Å²) in [4.78, 5) is 12.3. The number of benzene rings is 1. The molecule has 1 saturated heterocycles. The van der Waals surface area contributed by atoms with Gasteiger partial charge >= 0.3 is 0 Å². The highest BCUT2D eigenvalue weighted by Gasteiger charge is 2.26. The second-order valence-electron chi connectivity index (χ2n) is 6.36. The van der Waals surface area contributed by atoms with E-state index < -0.39 is 0 Å². The number of nitrogens with one attached hydrogen (secondary N) is 2.